The van der Waals surface area contributed by atoms with Gasteiger partial charge in [0.2, 0.25) is 11.9 Å². The lowest BCUT2D eigenvalue weighted by molar-refractivity contribution is -0.151. The van der Waals surface area contributed by atoms with Crippen LogP contribution in [0.1, 0.15) is 6.42 Å². The highest BCUT2D eigenvalue weighted by Gasteiger charge is 2.52. The van der Waals surface area contributed by atoms with Crippen molar-refractivity contribution in [3.05, 3.63) is 30.6 Å². The first-order valence-corrected chi connectivity index (χ1v) is 8.37. The zero-order chi connectivity index (χ0) is 16.7. The van der Waals surface area contributed by atoms with E-state index in [1.165, 1.54) is 0 Å². The molecule has 0 aromatic carbocycles. The molecule has 1 aromatic rings. The smallest absolute Gasteiger partial charge is 0.307 e. The number of aliphatic carboxylic acids is 1. The Morgan fingerprint density at radius 2 is 1.62 bits per heavy atom. The third-order valence-corrected chi connectivity index (χ3v) is 5.46. The van der Waals surface area contributed by atoms with E-state index in [0.29, 0.717) is 32.1 Å². The van der Waals surface area contributed by atoms with E-state index >= 15 is 0 Å². The van der Waals surface area contributed by atoms with Crippen molar-refractivity contribution in [2.45, 2.75) is 6.42 Å². The fourth-order valence-electron chi connectivity index (χ4n) is 4.29. The first-order chi connectivity index (χ1) is 11.6. The number of allylic oxidation sites excluding steroid dienone is 2. The molecule has 2 aliphatic carbocycles. The molecule has 1 N–H and O–H groups in total. The van der Waals surface area contributed by atoms with E-state index < -0.39 is 17.8 Å². The lowest BCUT2D eigenvalue weighted by Crippen LogP contribution is -2.52. The molecule has 0 unspecified atom stereocenters. The predicted octanol–water partition coefficient (Wildman–Crippen LogP) is 0.648. The summed E-state index contributed by atoms with van der Waals surface area (Å²) in [5.41, 5.74) is 0. The predicted molar refractivity (Wildman–Crippen MR) is 86.2 cm³/mol. The van der Waals surface area contributed by atoms with E-state index in [-0.39, 0.29) is 17.7 Å². The molecule has 4 rings (SSSR count). The van der Waals surface area contributed by atoms with Gasteiger partial charge in [-0.3, -0.25) is 9.59 Å². The number of amides is 1. The molecule has 1 aliphatic heterocycles. The molecule has 24 heavy (non-hydrogen) atoms. The van der Waals surface area contributed by atoms with E-state index in [4.69, 9.17) is 0 Å². The molecule has 0 spiro atoms. The molecule has 126 valence electrons. The van der Waals surface area contributed by atoms with Crippen molar-refractivity contribution >= 4 is 17.8 Å². The molecule has 0 radical (unpaired) electrons. The van der Waals surface area contributed by atoms with Crippen LogP contribution in [0.25, 0.3) is 0 Å². The second kappa shape index (κ2) is 5.89. The molecule has 1 amide bonds. The molecular weight excluding hydrogens is 308 g/mol. The van der Waals surface area contributed by atoms with E-state index in [2.05, 4.69) is 14.9 Å². The molecular formula is C17H20N4O3. The molecule has 2 bridgehead atoms. The minimum Gasteiger partial charge on any atom is -0.481 e. The quantitative estimate of drug-likeness (QED) is 0.820. The van der Waals surface area contributed by atoms with Crippen LogP contribution in [0.4, 0.5) is 5.95 Å². The average Bonchev–Trinajstić information content (AvgIpc) is 3.23. The van der Waals surface area contributed by atoms with Crippen molar-refractivity contribution in [3.63, 3.8) is 0 Å². The van der Waals surface area contributed by atoms with Crippen molar-refractivity contribution in [2.75, 3.05) is 31.1 Å². The number of anilines is 1. The van der Waals surface area contributed by atoms with Crippen LogP contribution in [0.2, 0.25) is 0 Å². The number of fused-ring (bicyclic) bond motifs is 2. The maximum atomic E-state index is 12.9. The summed E-state index contributed by atoms with van der Waals surface area (Å²) >= 11 is 0. The fourth-order valence-corrected chi connectivity index (χ4v) is 4.29. The van der Waals surface area contributed by atoms with E-state index in [1.54, 1.807) is 18.5 Å². The van der Waals surface area contributed by atoms with Crippen molar-refractivity contribution in [1.82, 2.24) is 14.9 Å². The number of hydrogen-bond donors (Lipinski definition) is 1. The molecule has 7 heteroatoms. The van der Waals surface area contributed by atoms with Crippen LogP contribution >= 0.6 is 0 Å². The summed E-state index contributed by atoms with van der Waals surface area (Å²) < 4.78 is 0. The van der Waals surface area contributed by atoms with Gasteiger partial charge in [0.05, 0.1) is 11.8 Å². The Morgan fingerprint density at radius 3 is 2.25 bits per heavy atom. The topological polar surface area (TPSA) is 86.6 Å². The van der Waals surface area contributed by atoms with Crippen molar-refractivity contribution in [2.24, 2.45) is 23.7 Å². The second-order valence-corrected chi connectivity index (χ2v) is 6.70. The Labute approximate surface area is 140 Å². The molecule has 1 saturated carbocycles. The van der Waals surface area contributed by atoms with Gasteiger partial charge < -0.3 is 14.9 Å². The summed E-state index contributed by atoms with van der Waals surface area (Å²) in [6.07, 6.45) is 8.21. The number of carbonyl (C=O) groups excluding carboxylic acids is 1. The number of rotatable bonds is 3. The van der Waals surface area contributed by atoms with Crippen LogP contribution in [-0.4, -0.2) is 58.0 Å². The second-order valence-electron chi connectivity index (χ2n) is 6.70. The van der Waals surface area contributed by atoms with Crippen molar-refractivity contribution in [1.29, 1.82) is 0 Å². The number of hydrogen-bond acceptors (Lipinski definition) is 5. The van der Waals surface area contributed by atoms with Gasteiger partial charge in [0.25, 0.3) is 0 Å². The van der Waals surface area contributed by atoms with Crippen molar-refractivity contribution < 1.29 is 14.7 Å². The summed E-state index contributed by atoms with van der Waals surface area (Å²) in [4.78, 5) is 36.9. The minimum absolute atomic E-state index is 0.00659. The standard InChI is InChI=1S/C17H20N4O3/c22-15(13-11-2-3-12(10-11)14(13)16(23)24)20-6-8-21(9-7-20)17-18-4-1-5-19-17/h1-5,11-14H,6-10H2,(H,23,24)/t11-,12-,13+,14+/m0/s1. The highest BCUT2D eigenvalue weighted by atomic mass is 16.4. The number of carbonyl (C=O) groups is 2. The van der Waals surface area contributed by atoms with Gasteiger partial charge in [0.15, 0.2) is 0 Å². The Kier molecular flexibility index (Phi) is 3.70. The van der Waals surface area contributed by atoms with E-state index in [9.17, 15) is 14.7 Å². The average molecular weight is 328 g/mol. The minimum atomic E-state index is -0.846. The zero-order valence-corrected chi connectivity index (χ0v) is 13.3. The Balaban J connectivity index is 1.43. The lowest BCUT2D eigenvalue weighted by atomic mass is 9.82. The third kappa shape index (κ3) is 2.44. The molecule has 2 heterocycles. The lowest BCUT2D eigenvalue weighted by Gasteiger charge is -2.37. The van der Waals surface area contributed by atoms with Gasteiger partial charge in [0, 0.05) is 38.6 Å². The Morgan fingerprint density at radius 1 is 1.00 bits per heavy atom. The van der Waals surface area contributed by atoms with Crippen molar-refractivity contribution in [3.8, 4) is 0 Å². The van der Waals surface area contributed by atoms with Gasteiger partial charge >= 0.3 is 5.97 Å². The summed E-state index contributed by atoms with van der Waals surface area (Å²) in [6.45, 7) is 2.51. The van der Waals surface area contributed by atoms with Gasteiger partial charge in [-0.2, -0.15) is 0 Å². The summed E-state index contributed by atoms with van der Waals surface area (Å²) in [5, 5.41) is 9.51. The maximum Gasteiger partial charge on any atom is 0.307 e. The molecule has 2 fully saturated rings. The van der Waals surface area contributed by atoms with E-state index in [0.717, 1.165) is 6.42 Å². The highest BCUT2D eigenvalue weighted by molar-refractivity contribution is 5.87. The summed E-state index contributed by atoms with van der Waals surface area (Å²) in [7, 11) is 0. The summed E-state index contributed by atoms with van der Waals surface area (Å²) in [5.74, 6) is -1.05. The normalized spacial score (nSPS) is 31.5. The SMILES string of the molecule is O=C(O)[C@H]1[C@H](C(=O)N2CCN(c3ncccn3)CC2)[C@H]2C=C[C@H]1C2. The molecule has 1 saturated heterocycles. The van der Waals surface area contributed by atoms with Crippen LogP contribution in [-0.2, 0) is 9.59 Å². The van der Waals surface area contributed by atoms with E-state index in [1.807, 2.05) is 17.1 Å². The van der Waals surface area contributed by atoms with Gasteiger partial charge in [-0.05, 0) is 24.3 Å². The third-order valence-electron chi connectivity index (χ3n) is 5.46. The first kappa shape index (κ1) is 15.1. The van der Waals surface area contributed by atoms with Crippen LogP contribution in [0.3, 0.4) is 0 Å². The largest absolute Gasteiger partial charge is 0.481 e. The van der Waals surface area contributed by atoms with Gasteiger partial charge in [0.1, 0.15) is 0 Å². The van der Waals surface area contributed by atoms with Gasteiger partial charge in [-0.15, -0.1) is 0 Å². The number of carboxylic acid groups (broad SMARTS) is 1. The fraction of sp³-hybridized carbons (Fsp3) is 0.529. The molecule has 3 aliphatic rings. The molecule has 1 aromatic heterocycles. The highest BCUT2D eigenvalue weighted by Crippen LogP contribution is 2.48. The summed E-state index contributed by atoms with van der Waals surface area (Å²) in [6, 6.07) is 1.78. The van der Waals surface area contributed by atoms with Gasteiger partial charge in [-0.1, -0.05) is 12.2 Å². The zero-order valence-electron chi connectivity index (χ0n) is 13.3. The first-order valence-electron chi connectivity index (χ1n) is 8.37. The number of aromatic nitrogens is 2. The van der Waals surface area contributed by atoms with Crippen LogP contribution in [0, 0.1) is 23.7 Å². The maximum absolute atomic E-state index is 12.9. The van der Waals surface area contributed by atoms with Gasteiger partial charge in [-0.25, -0.2) is 9.97 Å². The Hall–Kier alpha value is -2.44. The monoisotopic (exact) mass is 328 g/mol. The number of piperazine rings is 1. The van der Waals surface area contributed by atoms with Crippen LogP contribution in [0.5, 0.6) is 0 Å². The van der Waals surface area contributed by atoms with Crippen LogP contribution < -0.4 is 4.90 Å². The molecule has 4 atom stereocenters. The number of nitrogens with zero attached hydrogens (tertiary/aromatic N) is 4. The van der Waals surface area contributed by atoms with Crippen LogP contribution in [0.15, 0.2) is 30.6 Å². The number of carboxylic acids is 1. The molecule has 7 nitrogen and oxygen atoms in total. The Bertz CT molecular complexity index is 670.